The molecule has 0 bridgehead atoms. The molecule has 0 unspecified atom stereocenters. The Labute approximate surface area is 387 Å². The second-order valence-corrected chi connectivity index (χ2v) is 17.6. The first-order chi connectivity index (χ1) is 31.9. The average molecular weight is 879 g/mol. The lowest BCUT2D eigenvalue weighted by atomic mass is 9.77. The van der Waals surface area contributed by atoms with Gasteiger partial charge in [0.1, 0.15) is 0 Å². The third-order valence-corrected chi connectivity index (χ3v) is 12.9. The van der Waals surface area contributed by atoms with Crippen molar-refractivity contribution in [1.29, 1.82) is 0 Å². The maximum absolute atomic E-state index is 13.9. The van der Waals surface area contributed by atoms with Gasteiger partial charge in [0, 0.05) is 66.2 Å². The molecule has 0 aromatic heterocycles. The fourth-order valence-corrected chi connectivity index (χ4v) is 9.64. The predicted molar refractivity (Wildman–Crippen MR) is 268 cm³/mol. The zero-order valence-electron chi connectivity index (χ0n) is 38.1. The van der Waals surface area contributed by atoms with Crippen molar-refractivity contribution in [2.75, 3.05) is 28.2 Å². The van der Waals surface area contributed by atoms with Crippen molar-refractivity contribution in [3.8, 4) is 0 Å². The summed E-state index contributed by atoms with van der Waals surface area (Å²) in [5.41, 5.74) is 7.08. The van der Waals surface area contributed by atoms with Crippen molar-refractivity contribution in [3.05, 3.63) is 179 Å². The highest BCUT2D eigenvalue weighted by atomic mass is 16.4. The van der Waals surface area contributed by atoms with E-state index in [1.165, 1.54) is 0 Å². The van der Waals surface area contributed by atoms with Crippen molar-refractivity contribution >= 4 is 80.1 Å². The lowest BCUT2D eigenvalue weighted by Crippen LogP contribution is -2.35. The Hall–Kier alpha value is -6.37. The summed E-state index contributed by atoms with van der Waals surface area (Å²) in [6.07, 6.45) is 0.150. The van der Waals surface area contributed by atoms with Gasteiger partial charge in [0.05, 0.1) is 0 Å². The summed E-state index contributed by atoms with van der Waals surface area (Å²) in [5.74, 6) is -0.224. The predicted octanol–water partition coefficient (Wildman–Crippen LogP) is 6.32. The Balaban J connectivity index is 0.975. The van der Waals surface area contributed by atoms with Gasteiger partial charge in [0.2, 0.25) is 11.8 Å². The topological polar surface area (TPSA) is 128 Å². The molecule has 0 heterocycles. The number of fused-ring (bicyclic) bond motifs is 4. The average Bonchev–Trinajstić information content (AvgIpc) is 3.32. The van der Waals surface area contributed by atoms with E-state index in [4.69, 9.17) is 0 Å². The van der Waals surface area contributed by atoms with Gasteiger partial charge in [-0.3, -0.25) is 19.4 Å². The highest BCUT2D eigenvalue weighted by Crippen LogP contribution is 2.36. The molecule has 0 aliphatic heterocycles. The number of hydrogen-bond donors (Lipinski definition) is 4. The molecular weight excluding hydrogens is 822 g/mol. The molecule has 12 heteroatoms. The van der Waals surface area contributed by atoms with Crippen LogP contribution in [0.2, 0.25) is 0 Å². The largest absolute Gasteiger partial charge is 0.488 e. The summed E-state index contributed by atoms with van der Waals surface area (Å²) in [6.45, 7) is 3.02. The first-order valence-electron chi connectivity index (χ1n) is 22.4. The normalized spacial score (nSPS) is 11.6. The van der Waals surface area contributed by atoms with E-state index >= 15 is 0 Å². The molecule has 2 amide bonds. The lowest BCUT2D eigenvalue weighted by molar-refractivity contribution is -0.136. The lowest BCUT2D eigenvalue weighted by Gasteiger charge is -2.25. The Kier molecular flexibility index (Phi) is 14.3. The maximum Gasteiger partial charge on any atom is 0.488 e. The van der Waals surface area contributed by atoms with Crippen LogP contribution >= 0.6 is 0 Å². The molecule has 0 saturated heterocycles. The van der Waals surface area contributed by atoms with Crippen LogP contribution in [0.15, 0.2) is 146 Å². The summed E-state index contributed by atoms with van der Waals surface area (Å²) in [4.78, 5) is 35.6. The minimum absolute atomic E-state index is 0.0750. The molecule has 8 aromatic carbocycles. The van der Waals surface area contributed by atoms with E-state index in [2.05, 4.69) is 58.3 Å². The van der Waals surface area contributed by atoms with Gasteiger partial charge >= 0.3 is 14.2 Å². The molecular formula is C54H56B2N4O6. The number of benzene rings is 8. The van der Waals surface area contributed by atoms with Crippen molar-refractivity contribution in [2.45, 2.75) is 52.1 Å². The smallest absolute Gasteiger partial charge is 0.423 e. The van der Waals surface area contributed by atoms with Crippen LogP contribution in [-0.2, 0) is 48.9 Å². The van der Waals surface area contributed by atoms with Crippen LogP contribution in [0.5, 0.6) is 0 Å². The fraction of sp³-hybridized carbons (Fsp3) is 0.222. The number of amides is 2. The number of hydrogen-bond acceptors (Lipinski definition) is 8. The van der Waals surface area contributed by atoms with Gasteiger partial charge in [0.15, 0.2) is 0 Å². The third-order valence-electron chi connectivity index (χ3n) is 12.9. The quantitative estimate of drug-likeness (QED) is 0.0619. The van der Waals surface area contributed by atoms with E-state index < -0.39 is 14.2 Å². The zero-order chi connectivity index (χ0) is 46.5. The summed E-state index contributed by atoms with van der Waals surface area (Å²) in [7, 11) is 4.57. The third kappa shape index (κ3) is 9.90. The molecule has 4 N–H and O–H groups in total. The van der Waals surface area contributed by atoms with E-state index in [-0.39, 0.29) is 24.7 Å². The highest BCUT2D eigenvalue weighted by Gasteiger charge is 2.23. The van der Waals surface area contributed by atoms with Crippen LogP contribution in [0.4, 0.5) is 0 Å². The Bertz CT molecular complexity index is 2730. The van der Waals surface area contributed by atoms with Crippen LogP contribution in [0, 0.1) is 0 Å². The molecule has 66 heavy (non-hydrogen) atoms. The van der Waals surface area contributed by atoms with Gasteiger partial charge in [-0.1, -0.05) is 146 Å². The minimum atomic E-state index is -1.55. The molecule has 8 aromatic rings. The number of rotatable bonds is 17. The van der Waals surface area contributed by atoms with Crippen molar-refractivity contribution < 1.29 is 29.7 Å². The first-order valence-corrected chi connectivity index (χ1v) is 22.4. The van der Waals surface area contributed by atoms with Crippen molar-refractivity contribution in [3.63, 3.8) is 0 Å². The zero-order valence-corrected chi connectivity index (χ0v) is 38.1. The van der Waals surface area contributed by atoms with Crippen molar-refractivity contribution in [1.82, 2.24) is 19.6 Å². The standard InChI is InChI=1S/C54H56B2N4O6/c1-57(31-37-17-5-15-27-51(37)55(63)64)33-47-39-19-7-11-23-43(39)49(44-24-12-8-20-40(44)47)35-59(3)53(61)29-30-54(62)60(4)36-50-45-25-13-9-21-41(45)48(42-22-10-14-26-46(42)50)34-58(2)32-38-18-6-16-28-52(38)56(65)66/h5-28,63-66H,29-36H2,1-4H3. The van der Waals surface area contributed by atoms with E-state index in [0.717, 1.165) is 76.5 Å². The van der Waals surface area contributed by atoms with E-state index in [0.29, 0.717) is 50.2 Å². The number of nitrogens with zero attached hydrogens (tertiary/aromatic N) is 4. The highest BCUT2D eigenvalue weighted by molar-refractivity contribution is 6.59. The molecule has 10 nitrogen and oxygen atoms in total. The molecule has 0 aliphatic carbocycles. The molecule has 0 spiro atoms. The van der Waals surface area contributed by atoms with Gasteiger partial charge < -0.3 is 29.9 Å². The number of carbonyl (C=O) groups is 2. The molecule has 0 saturated carbocycles. The molecule has 334 valence electrons. The Morgan fingerprint density at radius 3 is 0.879 bits per heavy atom. The van der Waals surface area contributed by atoms with Crippen LogP contribution in [-0.4, -0.2) is 93.9 Å². The maximum atomic E-state index is 13.9. The second kappa shape index (κ2) is 20.4. The van der Waals surface area contributed by atoms with Gasteiger partial charge in [-0.05, 0) is 101 Å². The van der Waals surface area contributed by atoms with Gasteiger partial charge in [-0.25, -0.2) is 0 Å². The summed E-state index contributed by atoms with van der Waals surface area (Å²) >= 11 is 0. The van der Waals surface area contributed by atoms with Crippen LogP contribution in [0.25, 0.3) is 43.1 Å². The summed E-state index contributed by atoms with van der Waals surface area (Å²) in [5, 5.41) is 48.6. The van der Waals surface area contributed by atoms with Gasteiger partial charge in [-0.2, -0.15) is 0 Å². The summed E-state index contributed by atoms with van der Waals surface area (Å²) < 4.78 is 0. The SMILES string of the molecule is CN(Cc1ccccc1B(O)O)Cc1c2ccccc2c(CN(C)C(=O)CCC(=O)N(C)Cc2c3ccccc3c(CN(C)Cc3ccccc3B(O)O)c3ccccc23)c2ccccc12. The molecule has 0 radical (unpaired) electrons. The minimum Gasteiger partial charge on any atom is -0.423 e. The fourth-order valence-electron chi connectivity index (χ4n) is 9.64. The Morgan fingerprint density at radius 1 is 0.364 bits per heavy atom. The van der Waals surface area contributed by atoms with Gasteiger partial charge in [0.25, 0.3) is 0 Å². The van der Waals surface area contributed by atoms with E-state index in [9.17, 15) is 29.7 Å². The van der Waals surface area contributed by atoms with Crippen LogP contribution in [0.1, 0.15) is 46.2 Å². The van der Waals surface area contributed by atoms with Crippen molar-refractivity contribution in [2.24, 2.45) is 0 Å². The summed E-state index contributed by atoms with van der Waals surface area (Å²) in [6, 6.07) is 47.9. The monoisotopic (exact) mass is 878 g/mol. The number of carbonyl (C=O) groups excluding carboxylic acids is 2. The van der Waals surface area contributed by atoms with Crippen LogP contribution in [0.3, 0.4) is 0 Å². The second-order valence-electron chi connectivity index (χ2n) is 17.6. The first kappa shape index (κ1) is 46.2. The van der Waals surface area contributed by atoms with Crippen LogP contribution < -0.4 is 10.9 Å². The van der Waals surface area contributed by atoms with E-state index in [1.807, 2.05) is 86.9 Å². The molecule has 0 aliphatic rings. The van der Waals surface area contributed by atoms with Gasteiger partial charge in [-0.15, -0.1) is 0 Å². The molecule has 0 atom stereocenters. The molecule has 0 fully saturated rings. The molecule has 8 rings (SSSR count). The van der Waals surface area contributed by atoms with E-state index in [1.54, 1.807) is 48.2 Å². The Morgan fingerprint density at radius 2 is 0.606 bits per heavy atom.